The van der Waals surface area contributed by atoms with E-state index >= 15 is 0 Å². The summed E-state index contributed by atoms with van der Waals surface area (Å²) in [5, 5.41) is 0. The zero-order valence-electron chi connectivity index (χ0n) is 12.1. The first-order chi connectivity index (χ1) is 9.92. The van der Waals surface area contributed by atoms with Gasteiger partial charge < -0.3 is 9.47 Å². The Bertz CT molecular complexity index is 767. The number of nitrogens with zero attached hydrogens (tertiary/aromatic N) is 3. The average Bonchev–Trinajstić information content (AvgIpc) is 2.96. The highest BCUT2D eigenvalue weighted by molar-refractivity contribution is 7.92. The molecule has 7 heteroatoms. The van der Waals surface area contributed by atoms with Crippen LogP contribution in [0.3, 0.4) is 0 Å². The maximum Gasteiger partial charge on any atom is 0.229 e. The summed E-state index contributed by atoms with van der Waals surface area (Å²) in [5.74, 6) is 0. The van der Waals surface area contributed by atoms with Crippen molar-refractivity contribution in [1.29, 1.82) is 0 Å². The Balaban J connectivity index is 1.86. The second-order valence-corrected chi connectivity index (χ2v) is 7.13. The molecule has 6 nitrogen and oxygen atoms in total. The molecule has 1 aliphatic rings. The fourth-order valence-corrected chi connectivity index (χ4v) is 3.17. The topological polar surface area (TPSA) is 67.2 Å². The van der Waals surface area contributed by atoms with Gasteiger partial charge in [0.1, 0.15) is 0 Å². The monoisotopic (exact) mass is 306 g/mol. The van der Waals surface area contributed by atoms with E-state index in [9.17, 15) is 8.42 Å². The first kappa shape index (κ1) is 13.9. The van der Waals surface area contributed by atoms with Crippen molar-refractivity contribution in [2.75, 3.05) is 22.4 Å². The van der Waals surface area contributed by atoms with E-state index in [0.29, 0.717) is 5.69 Å². The molecule has 1 N–H and O–H groups in total. The van der Waals surface area contributed by atoms with Crippen LogP contribution in [-0.4, -0.2) is 30.8 Å². The van der Waals surface area contributed by atoms with E-state index in [2.05, 4.69) is 14.6 Å². The van der Waals surface area contributed by atoms with Gasteiger partial charge in [-0.1, -0.05) is 6.07 Å². The number of aryl methyl sites for hydroxylation is 1. The zero-order chi connectivity index (χ0) is 15.0. The molecule has 1 aromatic carbocycles. The van der Waals surface area contributed by atoms with Gasteiger partial charge in [-0.2, -0.15) is 0 Å². The van der Waals surface area contributed by atoms with Crippen LogP contribution in [0.15, 0.2) is 30.7 Å². The van der Waals surface area contributed by atoms with Crippen molar-refractivity contribution >= 4 is 21.4 Å². The van der Waals surface area contributed by atoms with Gasteiger partial charge in [0.25, 0.3) is 0 Å². The minimum absolute atomic E-state index is 0.605. The van der Waals surface area contributed by atoms with Crippen molar-refractivity contribution in [2.24, 2.45) is 7.05 Å². The van der Waals surface area contributed by atoms with Crippen molar-refractivity contribution in [3.8, 4) is 0 Å². The summed E-state index contributed by atoms with van der Waals surface area (Å²) in [5.41, 5.74) is 4.07. The van der Waals surface area contributed by atoms with Crippen LogP contribution < -0.4 is 9.62 Å². The normalized spacial score (nSPS) is 14.3. The molecule has 0 fully saturated rings. The molecule has 2 heterocycles. The van der Waals surface area contributed by atoms with Crippen LogP contribution in [0.1, 0.15) is 11.3 Å². The summed E-state index contributed by atoms with van der Waals surface area (Å²) < 4.78 is 27.2. The van der Waals surface area contributed by atoms with E-state index in [4.69, 9.17) is 0 Å². The van der Waals surface area contributed by atoms with Gasteiger partial charge in [-0.3, -0.25) is 4.72 Å². The summed E-state index contributed by atoms with van der Waals surface area (Å²) in [6, 6.07) is 5.71. The number of hydrogen-bond donors (Lipinski definition) is 1. The van der Waals surface area contributed by atoms with Crippen molar-refractivity contribution in [2.45, 2.75) is 13.0 Å². The van der Waals surface area contributed by atoms with Crippen LogP contribution >= 0.6 is 0 Å². The zero-order valence-corrected chi connectivity index (χ0v) is 12.9. The van der Waals surface area contributed by atoms with Gasteiger partial charge in [-0.25, -0.2) is 13.4 Å². The molecule has 0 aliphatic carbocycles. The number of sulfonamides is 1. The highest BCUT2D eigenvalue weighted by Gasteiger charge is 2.20. The second-order valence-electron chi connectivity index (χ2n) is 5.39. The summed E-state index contributed by atoms with van der Waals surface area (Å²) >= 11 is 0. The molecular weight excluding hydrogens is 288 g/mol. The van der Waals surface area contributed by atoms with Crippen LogP contribution in [0.4, 0.5) is 11.4 Å². The van der Waals surface area contributed by atoms with Gasteiger partial charge in [0, 0.05) is 25.5 Å². The van der Waals surface area contributed by atoms with Crippen molar-refractivity contribution < 1.29 is 8.42 Å². The molecule has 2 aromatic rings. The molecule has 0 bridgehead atoms. The summed E-state index contributed by atoms with van der Waals surface area (Å²) in [6.07, 6.45) is 5.78. The molecule has 0 saturated heterocycles. The average molecular weight is 306 g/mol. The third kappa shape index (κ3) is 3.02. The Morgan fingerprint density at radius 2 is 2.19 bits per heavy atom. The van der Waals surface area contributed by atoms with Crippen LogP contribution in [0.5, 0.6) is 0 Å². The first-order valence-corrected chi connectivity index (χ1v) is 8.62. The van der Waals surface area contributed by atoms with Crippen LogP contribution in [0, 0.1) is 0 Å². The first-order valence-electron chi connectivity index (χ1n) is 6.73. The Morgan fingerprint density at radius 1 is 1.38 bits per heavy atom. The fraction of sp³-hybridized carbons (Fsp3) is 0.357. The smallest absolute Gasteiger partial charge is 0.229 e. The lowest BCUT2D eigenvalue weighted by atomic mass is 10.1. The number of anilines is 2. The second kappa shape index (κ2) is 5.07. The summed E-state index contributed by atoms with van der Waals surface area (Å²) in [4.78, 5) is 6.38. The maximum absolute atomic E-state index is 11.3. The van der Waals surface area contributed by atoms with Gasteiger partial charge in [-0.05, 0) is 24.1 Å². The van der Waals surface area contributed by atoms with E-state index in [1.165, 1.54) is 5.56 Å². The SMILES string of the molecule is Cn1cncc1CN1CCc2ccc(NS(C)(=O)=O)cc21. The molecule has 0 radical (unpaired) electrons. The van der Waals surface area contributed by atoms with Crippen molar-refractivity contribution in [1.82, 2.24) is 9.55 Å². The lowest BCUT2D eigenvalue weighted by molar-refractivity contribution is 0.607. The molecule has 3 rings (SSSR count). The van der Waals surface area contributed by atoms with E-state index in [0.717, 1.165) is 37.1 Å². The number of nitrogens with one attached hydrogen (secondary N) is 1. The predicted octanol–water partition coefficient (Wildman–Crippen LogP) is 1.35. The lowest BCUT2D eigenvalue weighted by Gasteiger charge is -2.20. The number of aromatic nitrogens is 2. The number of benzene rings is 1. The van der Waals surface area contributed by atoms with Crippen LogP contribution in [0.2, 0.25) is 0 Å². The largest absolute Gasteiger partial charge is 0.365 e. The molecule has 0 amide bonds. The molecular formula is C14H18N4O2S. The third-order valence-electron chi connectivity index (χ3n) is 3.65. The number of hydrogen-bond acceptors (Lipinski definition) is 4. The van der Waals surface area contributed by atoms with Crippen molar-refractivity contribution in [3.05, 3.63) is 42.0 Å². The van der Waals surface area contributed by atoms with E-state index in [-0.39, 0.29) is 0 Å². The predicted molar refractivity (Wildman–Crippen MR) is 82.9 cm³/mol. The molecule has 1 aromatic heterocycles. The van der Waals surface area contributed by atoms with Gasteiger partial charge in [-0.15, -0.1) is 0 Å². The highest BCUT2D eigenvalue weighted by atomic mass is 32.2. The minimum Gasteiger partial charge on any atom is -0.365 e. The Morgan fingerprint density at radius 3 is 2.86 bits per heavy atom. The van der Waals surface area contributed by atoms with Gasteiger partial charge in [0.2, 0.25) is 10.0 Å². The Kier molecular flexibility index (Phi) is 3.36. The molecule has 21 heavy (non-hydrogen) atoms. The van der Waals surface area contributed by atoms with Crippen LogP contribution in [-0.2, 0) is 30.0 Å². The van der Waals surface area contributed by atoms with Gasteiger partial charge >= 0.3 is 0 Å². The Labute approximate surface area is 124 Å². The van der Waals surface area contributed by atoms with E-state index < -0.39 is 10.0 Å². The lowest BCUT2D eigenvalue weighted by Crippen LogP contribution is -2.21. The van der Waals surface area contributed by atoms with Gasteiger partial charge in [0.05, 0.1) is 30.5 Å². The minimum atomic E-state index is -3.25. The third-order valence-corrected chi connectivity index (χ3v) is 4.26. The molecule has 1 aliphatic heterocycles. The van der Waals surface area contributed by atoms with E-state index in [1.54, 1.807) is 6.33 Å². The Hall–Kier alpha value is -2.02. The summed E-state index contributed by atoms with van der Waals surface area (Å²) in [7, 11) is -1.28. The molecule has 112 valence electrons. The van der Waals surface area contributed by atoms with Crippen molar-refractivity contribution in [3.63, 3.8) is 0 Å². The molecule has 0 unspecified atom stereocenters. The molecule has 0 atom stereocenters. The highest BCUT2D eigenvalue weighted by Crippen LogP contribution is 2.32. The standard InChI is InChI=1S/C14H18N4O2S/c1-17-10-15-8-13(17)9-18-6-5-11-3-4-12(7-14(11)18)16-21(2,19)20/h3-4,7-8,10,16H,5-6,9H2,1-2H3. The molecule has 0 spiro atoms. The fourth-order valence-electron chi connectivity index (χ4n) is 2.62. The number of rotatable bonds is 4. The maximum atomic E-state index is 11.3. The quantitative estimate of drug-likeness (QED) is 0.926. The van der Waals surface area contributed by atoms with Crippen LogP contribution in [0.25, 0.3) is 0 Å². The van der Waals surface area contributed by atoms with E-state index in [1.807, 2.05) is 36.0 Å². The molecule has 0 saturated carbocycles. The summed E-state index contributed by atoms with van der Waals surface area (Å²) in [6.45, 7) is 1.70. The number of imidazole rings is 1. The van der Waals surface area contributed by atoms with Gasteiger partial charge in [0.15, 0.2) is 0 Å². The number of fused-ring (bicyclic) bond motifs is 1.